The third-order valence-electron chi connectivity index (χ3n) is 4.44. The van der Waals surface area contributed by atoms with E-state index < -0.39 is 9.84 Å². The van der Waals surface area contributed by atoms with Crippen LogP contribution < -0.4 is 9.80 Å². The highest BCUT2D eigenvalue weighted by molar-refractivity contribution is 7.91. The van der Waals surface area contributed by atoms with Gasteiger partial charge in [-0.05, 0) is 36.5 Å². The lowest BCUT2D eigenvalue weighted by Gasteiger charge is -2.25. The summed E-state index contributed by atoms with van der Waals surface area (Å²) < 4.78 is 24.4. The lowest BCUT2D eigenvalue weighted by atomic mass is 10.1. The standard InChI is InChI=1S/C17H16N2O2S2/c20-23(21)11-15-16(12-23)19(14-9-5-2-6-10-14)17(22)18(15)13-7-3-1-4-8-13/h1-10,15-16H,11-12H2. The highest BCUT2D eigenvalue weighted by Gasteiger charge is 2.52. The number of sulfone groups is 1. The van der Waals surface area contributed by atoms with Gasteiger partial charge in [-0.2, -0.15) is 0 Å². The molecule has 0 bridgehead atoms. The van der Waals surface area contributed by atoms with Crippen molar-refractivity contribution in [1.82, 2.24) is 0 Å². The molecule has 2 aromatic rings. The fourth-order valence-corrected chi connectivity index (χ4v) is 5.89. The van der Waals surface area contributed by atoms with Crippen LogP contribution in [0.15, 0.2) is 60.7 Å². The Labute approximate surface area is 141 Å². The maximum Gasteiger partial charge on any atom is 0.181 e. The van der Waals surface area contributed by atoms with E-state index in [2.05, 4.69) is 0 Å². The van der Waals surface area contributed by atoms with E-state index >= 15 is 0 Å². The maximum atomic E-state index is 12.2. The Bertz CT molecular complexity index is 774. The minimum Gasteiger partial charge on any atom is -0.312 e. The molecule has 2 atom stereocenters. The first-order chi connectivity index (χ1) is 11.1. The lowest BCUT2D eigenvalue weighted by Crippen LogP contribution is -2.37. The number of nitrogens with zero attached hydrogens (tertiary/aromatic N) is 2. The summed E-state index contributed by atoms with van der Waals surface area (Å²) in [5, 5.41) is 0.673. The van der Waals surface area contributed by atoms with Gasteiger partial charge in [0, 0.05) is 11.4 Å². The molecule has 0 N–H and O–H groups in total. The summed E-state index contributed by atoms with van der Waals surface area (Å²) in [4.78, 5) is 4.00. The predicted molar refractivity (Wildman–Crippen MR) is 96.7 cm³/mol. The number of benzene rings is 2. The van der Waals surface area contributed by atoms with Crippen molar-refractivity contribution < 1.29 is 8.42 Å². The molecule has 0 aliphatic carbocycles. The van der Waals surface area contributed by atoms with Gasteiger partial charge in [0.2, 0.25) is 0 Å². The van der Waals surface area contributed by atoms with E-state index in [0.717, 1.165) is 11.4 Å². The number of hydrogen-bond donors (Lipinski definition) is 0. The quantitative estimate of drug-likeness (QED) is 0.783. The molecule has 2 aromatic carbocycles. The number of rotatable bonds is 2. The number of thiocarbonyl (C=S) groups is 1. The van der Waals surface area contributed by atoms with Crippen LogP contribution in [0, 0.1) is 0 Å². The van der Waals surface area contributed by atoms with Crippen molar-refractivity contribution in [1.29, 1.82) is 0 Å². The summed E-state index contributed by atoms with van der Waals surface area (Å²) in [6.07, 6.45) is 0. The first kappa shape index (κ1) is 14.7. The summed E-state index contributed by atoms with van der Waals surface area (Å²) in [7, 11) is -3.05. The predicted octanol–water partition coefficient (Wildman–Crippen LogP) is 2.46. The van der Waals surface area contributed by atoms with Crippen LogP contribution in [-0.4, -0.2) is 37.1 Å². The van der Waals surface area contributed by atoms with Crippen LogP contribution >= 0.6 is 12.2 Å². The fraction of sp³-hybridized carbons (Fsp3) is 0.235. The van der Waals surface area contributed by atoms with Gasteiger partial charge in [0.25, 0.3) is 0 Å². The van der Waals surface area contributed by atoms with E-state index in [-0.39, 0.29) is 23.6 Å². The molecular weight excluding hydrogens is 328 g/mol. The Morgan fingerprint density at radius 3 is 1.57 bits per heavy atom. The summed E-state index contributed by atoms with van der Waals surface area (Å²) in [5.41, 5.74) is 1.89. The molecule has 0 saturated carbocycles. The van der Waals surface area contributed by atoms with Crippen LogP contribution in [0.5, 0.6) is 0 Å². The van der Waals surface area contributed by atoms with Gasteiger partial charge >= 0.3 is 0 Å². The second kappa shape index (κ2) is 5.32. The minimum absolute atomic E-state index is 0.130. The Hall–Kier alpha value is -1.92. The Balaban J connectivity index is 1.82. The van der Waals surface area contributed by atoms with Crippen molar-refractivity contribution in [2.75, 3.05) is 21.3 Å². The van der Waals surface area contributed by atoms with Crippen molar-refractivity contribution in [3.63, 3.8) is 0 Å². The molecule has 2 aliphatic rings. The van der Waals surface area contributed by atoms with Gasteiger partial charge in [-0.3, -0.25) is 0 Å². The van der Waals surface area contributed by atoms with E-state index in [1.54, 1.807) is 0 Å². The average Bonchev–Trinajstić information content (AvgIpc) is 2.97. The molecular formula is C17H16N2O2S2. The minimum atomic E-state index is -3.05. The smallest absolute Gasteiger partial charge is 0.181 e. The second-order valence-electron chi connectivity index (χ2n) is 5.91. The zero-order valence-electron chi connectivity index (χ0n) is 12.4. The molecule has 118 valence electrons. The first-order valence-corrected chi connectivity index (χ1v) is 9.73. The molecule has 2 unspecified atom stereocenters. The highest BCUT2D eigenvalue weighted by atomic mass is 32.2. The van der Waals surface area contributed by atoms with Crippen LogP contribution in [0.25, 0.3) is 0 Å². The molecule has 0 spiro atoms. The van der Waals surface area contributed by atoms with Gasteiger partial charge in [-0.25, -0.2) is 8.42 Å². The number of hydrogen-bond acceptors (Lipinski definition) is 3. The average molecular weight is 344 g/mol. The van der Waals surface area contributed by atoms with Gasteiger partial charge in [0.1, 0.15) is 0 Å². The molecule has 6 heteroatoms. The molecule has 23 heavy (non-hydrogen) atoms. The fourth-order valence-electron chi connectivity index (χ4n) is 3.48. The molecule has 2 heterocycles. The van der Waals surface area contributed by atoms with E-state index in [0.29, 0.717) is 5.11 Å². The third-order valence-corrected chi connectivity index (χ3v) is 6.53. The van der Waals surface area contributed by atoms with Crippen LogP contribution in [0.2, 0.25) is 0 Å². The summed E-state index contributed by atoms with van der Waals surface area (Å²) in [5.74, 6) is 0.298. The molecule has 4 rings (SSSR count). The van der Waals surface area contributed by atoms with E-state index in [4.69, 9.17) is 12.2 Å². The largest absolute Gasteiger partial charge is 0.312 e. The second-order valence-corrected chi connectivity index (χ2v) is 8.42. The van der Waals surface area contributed by atoms with Gasteiger partial charge < -0.3 is 9.80 Å². The molecule has 2 aliphatic heterocycles. The number of anilines is 2. The zero-order valence-corrected chi connectivity index (χ0v) is 14.0. The van der Waals surface area contributed by atoms with Crippen molar-refractivity contribution in [2.45, 2.75) is 12.1 Å². The van der Waals surface area contributed by atoms with Gasteiger partial charge in [-0.15, -0.1) is 0 Å². The first-order valence-electron chi connectivity index (χ1n) is 7.50. The Kier molecular flexibility index (Phi) is 3.39. The highest BCUT2D eigenvalue weighted by Crippen LogP contribution is 2.37. The van der Waals surface area contributed by atoms with Gasteiger partial charge in [0.15, 0.2) is 14.9 Å². The zero-order chi connectivity index (χ0) is 16.0. The topological polar surface area (TPSA) is 40.6 Å². The SMILES string of the molecule is O=S1(=O)CC2C(C1)N(c1ccccc1)C(=S)N2c1ccccc1. The Morgan fingerprint density at radius 2 is 1.17 bits per heavy atom. The van der Waals surface area contributed by atoms with E-state index in [1.165, 1.54) is 0 Å². The lowest BCUT2D eigenvalue weighted by molar-refractivity contribution is 0.601. The summed E-state index contributed by atoms with van der Waals surface area (Å²) in [6, 6.07) is 19.3. The van der Waals surface area contributed by atoms with Crippen molar-refractivity contribution in [3.05, 3.63) is 60.7 Å². The monoisotopic (exact) mass is 344 g/mol. The molecule has 0 amide bonds. The van der Waals surface area contributed by atoms with E-state index in [9.17, 15) is 8.42 Å². The molecule has 2 fully saturated rings. The molecule has 0 aromatic heterocycles. The van der Waals surface area contributed by atoms with Crippen LogP contribution in [-0.2, 0) is 9.84 Å². The van der Waals surface area contributed by atoms with Gasteiger partial charge in [-0.1, -0.05) is 36.4 Å². The summed E-state index contributed by atoms with van der Waals surface area (Å²) >= 11 is 5.71. The van der Waals surface area contributed by atoms with Crippen LogP contribution in [0.3, 0.4) is 0 Å². The van der Waals surface area contributed by atoms with Crippen molar-refractivity contribution >= 4 is 38.5 Å². The summed E-state index contributed by atoms with van der Waals surface area (Å²) in [6.45, 7) is 0. The number of fused-ring (bicyclic) bond motifs is 1. The normalized spacial score (nSPS) is 25.7. The molecule has 0 radical (unpaired) electrons. The molecule has 2 saturated heterocycles. The maximum absolute atomic E-state index is 12.2. The van der Waals surface area contributed by atoms with E-state index in [1.807, 2.05) is 70.5 Å². The van der Waals surface area contributed by atoms with Gasteiger partial charge in [0.05, 0.1) is 23.6 Å². The van der Waals surface area contributed by atoms with Crippen molar-refractivity contribution in [2.24, 2.45) is 0 Å². The number of para-hydroxylation sites is 2. The Morgan fingerprint density at radius 1 is 0.783 bits per heavy atom. The molecule has 4 nitrogen and oxygen atoms in total. The third kappa shape index (κ3) is 2.42. The van der Waals surface area contributed by atoms with Crippen LogP contribution in [0.1, 0.15) is 0 Å². The van der Waals surface area contributed by atoms with Crippen molar-refractivity contribution in [3.8, 4) is 0 Å². The van der Waals surface area contributed by atoms with Crippen LogP contribution in [0.4, 0.5) is 11.4 Å².